The lowest BCUT2D eigenvalue weighted by molar-refractivity contribution is 0.0966. The molecule has 1 amide bonds. The van der Waals surface area contributed by atoms with Crippen LogP contribution in [-0.2, 0) is 6.42 Å². The van der Waals surface area contributed by atoms with Crippen LogP contribution in [0.4, 0.5) is 0 Å². The van der Waals surface area contributed by atoms with Crippen molar-refractivity contribution in [1.29, 1.82) is 0 Å². The van der Waals surface area contributed by atoms with E-state index in [-0.39, 0.29) is 11.5 Å². The molecule has 2 aromatic carbocycles. The van der Waals surface area contributed by atoms with Crippen molar-refractivity contribution in [3.05, 3.63) is 71.6 Å². The lowest BCUT2D eigenvalue weighted by Gasteiger charge is -2.17. The minimum Gasteiger partial charge on any atom is -0.486 e. The number of carbonyl (C=O) groups excluding carboxylic acids is 1. The summed E-state index contributed by atoms with van der Waals surface area (Å²) in [7, 11) is 0. The summed E-state index contributed by atoms with van der Waals surface area (Å²) in [5.74, 6) is 1.40. The van der Waals surface area contributed by atoms with E-state index in [0.717, 1.165) is 28.9 Å². The molecule has 0 bridgehead atoms. The summed E-state index contributed by atoms with van der Waals surface area (Å²) in [4.78, 5) is 21.0. The minimum atomic E-state index is -0.230. The maximum atomic E-state index is 12.9. The number of aromatic amines is 1. The molecule has 0 saturated carbocycles. The van der Waals surface area contributed by atoms with Gasteiger partial charge in [-0.3, -0.25) is 4.79 Å². The molecule has 0 saturated heterocycles. The highest BCUT2D eigenvalue weighted by Gasteiger charge is 2.32. The molecule has 2 aliphatic heterocycles. The van der Waals surface area contributed by atoms with Gasteiger partial charge in [-0.25, -0.2) is 4.98 Å². The standard InChI is InChI=1S/C23H22N4O2/c1-23(2)12-14-6-3-9-17(20(14)29-23)21-26-18-10-4-8-16(19(18)27-21)22(28)25-15-7-5-11-24-13-15/h3-11,24H,12-13H2,1-2H3,(H,25,28)(H,26,27). The van der Waals surface area contributed by atoms with Crippen LogP contribution >= 0.6 is 0 Å². The zero-order chi connectivity index (χ0) is 20.0. The van der Waals surface area contributed by atoms with Crippen LogP contribution in [0.25, 0.3) is 22.4 Å². The maximum absolute atomic E-state index is 12.9. The number of nitrogens with one attached hydrogen (secondary N) is 3. The van der Waals surface area contributed by atoms with Crippen LogP contribution < -0.4 is 15.4 Å². The number of ether oxygens (including phenoxy) is 1. The number of nitrogens with zero attached hydrogens (tertiary/aromatic N) is 1. The van der Waals surface area contributed by atoms with Gasteiger partial charge in [-0.05, 0) is 56.0 Å². The maximum Gasteiger partial charge on any atom is 0.257 e. The third-order valence-corrected chi connectivity index (χ3v) is 5.18. The fourth-order valence-electron chi connectivity index (χ4n) is 3.90. The van der Waals surface area contributed by atoms with Crippen LogP contribution in [0, 0.1) is 0 Å². The molecule has 146 valence electrons. The monoisotopic (exact) mass is 386 g/mol. The van der Waals surface area contributed by atoms with E-state index < -0.39 is 0 Å². The number of rotatable bonds is 3. The largest absolute Gasteiger partial charge is 0.486 e. The summed E-state index contributed by atoms with van der Waals surface area (Å²) in [5.41, 5.74) is 4.69. The Bertz CT molecular complexity index is 1190. The number of fused-ring (bicyclic) bond motifs is 2. The van der Waals surface area contributed by atoms with Gasteiger partial charge in [0.2, 0.25) is 0 Å². The second kappa shape index (κ2) is 6.51. The normalized spacial score (nSPS) is 16.7. The fourth-order valence-corrected chi connectivity index (χ4v) is 3.90. The van der Waals surface area contributed by atoms with E-state index in [0.29, 0.717) is 23.4 Å². The molecule has 2 aliphatic rings. The van der Waals surface area contributed by atoms with E-state index in [1.54, 1.807) is 6.07 Å². The number of carbonyl (C=O) groups is 1. The molecule has 3 heterocycles. The zero-order valence-corrected chi connectivity index (χ0v) is 16.4. The van der Waals surface area contributed by atoms with E-state index in [1.165, 1.54) is 5.56 Å². The van der Waals surface area contributed by atoms with Crippen molar-refractivity contribution in [2.24, 2.45) is 0 Å². The van der Waals surface area contributed by atoms with E-state index in [1.807, 2.05) is 42.6 Å². The number of amides is 1. The summed E-state index contributed by atoms with van der Waals surface area (Å²) in [6, 6.07) is 11.7. The number of aromatic nitrogens is 2. The molecule has 0 fully saturated rings. The molecule has 3 aromatic rings. The second-order valence-electron chi connectivity index (χ2n) is 8.01. The van der Waals surface area contributed by atoms with Gasteiger partial charge in [0.15, 0.2) is 0 Å². The molecule has 0 atom stereocenters. The summed E-state index contributed by atoms with van der Waals surface area (Å²) >= 11 is 0. The average molecular weight is 386 g/mol. The van der Waals surface area contributed by atoms with Gasteiger partial charge in [-0.2, -0.15) is 0 Å². The lowest BCUT2D eigenvalue weighted by Crippen LogP contribution is -2.29. The highest BCUT2D eigenvalue weighted by molar-refractivity contribution is 6.06. The predicted octanol–water partition coefficient (Wildman–Crippen LogP) is 3.67. The molecule has 6 nitrogen and oxygen atoms in total. The number of benzene rings is 2. The number of hydrogen-bond acceptors (Lipinski definition) is 4. The first-order valence-electron chi connectivity index (χ1n) is 9.71. The van der Waals surface area contributed by atoms with Gasteiger partial charge in [-0.15, -0.1) is 0 Å². The fraction of sp³-hybridized carbons (Fsp3) is 0.217. The molecule has 0 aliphatic carbocycles. The first-order chi connectivity index (χ1) is 14.0. The molecule has 5 rings (SSSR count). The van der Waals surface area contributed by atoms with Crippen molar-refractivity contribution in [1.82, 2.24) is 20.6 Å². The first kappa shape index (κ1) is 17.6. The lowest BCUT2D eigenvalue weighted by atomic mass is 10.0. The third kappa shape index (κ3) is 3.16. The van der Waals surface area contributed by atoms with Crippen molar-refractivity contribution in [3.8, 4) is 17.1 Å². The van der Waals surface area contributed by atoms with E-state index in [9.17, 15) is 4.79 Å². The Morgan fingerprint density at radius 2 is 2.07 bits per heavy atom. The summed E-state index contributed by atoms with van der Waals surface area (Å²) in [5, 5.41) is 6.04. The highest BCUT2D eigenvalue weighted by atomic mass is 16.5. The zero-order valence-electron chi connectivity index (χ0n) is 16.4. The summed E-state index contributed by atoms with van der Waals surface area (Å²) in [6.07, 6.45) is 6.46. The minimum absolute atomic E-state index is 0.173. The Kier molecular flexibility index (Phi) is 3.94. The Labute approximate surface area is 168 Å². The highest BCUT2D eigenvalue weighted by Crippen LogP contribution is 2.41. The number of para-hydroxylation sites is 2. The molecule has 1 aromatic heterocycles. The molecule has 0 spiro atoms. The number of H-pyrrole nitrogens is 1. The third-order valence-electron chi connectivity index (χ3n) is 5.18. The molecule has 0 radical (unpaired) electrons. The smallest absolute Gasteiger partial charge is 0.257 e. The van der Waals surface area contributed by atoms with Crippen LogP contribution in [0.5, 0.6) is 5.75 Å². The van der Waals surface area contributed by atoms with Gasteiger partial charge in [0.05, 0.1) is 23.2 Å². The van der Waals surface area contributed by atoms with Gasteiger partial charge < -0.3 is 20.4 Å². The van der Waals surface area contributed by atoms with Gasteiger partial charge in [0.1, 0.15) is 22.7 Å². The first-order valence-corrected chi connectivity index (χ1v) is 9.71. The van der Waals surface area contributed by atoms with Crippen LogP contribution in [-0.4, -0.2) is 28.0 Å². The molecule has 6 heteroatoms. The molecular formula is C23H22N4O2. The second-order valence-corrected chi connectivity index (χ2v) is 8.01. The SMILES string of the molecule is CC1(C)Cc2cccc(-c3nc4c(C(=O)NC5=CC=CNC5)cccc4[nH]3)c2O1. The van der Waals surface area contributed by atoms with Crippen LogP contribution in [0.1, 0.15) is 29.8 Å². The van der Waals surface area contributed by atoms with Crippen molar-refractivity contribution in [2.45, 2.75) is 25.9 Å². The van der Waals surface area contributed by atoms with Gasteiger partial charge in [0, 0.05) is 12.1 Å². The van der Waals surface area contributed by atoms with E-state index in [2.05, 4.69) is 35.5 Å². The van der Waals surface area contributed by atoms with E-state index >= 15 is 0 Å². The Hall–Kier alpha value is -3.54. The number of imidazole rings is 1. The Morgan fingerprint density at radius 1 is 1.21 bits per heavy atom. The number of allylic oxidation sites excluding steroid dienone is 2. The molecular weight excluding hydrogens is 364 g/mol. The van der Waals surface area contributed by atoms with Gasteiger partial charge in [-0.1, -0.05) is 18.2 Å². The summed E-state index contributed by atoms with van der Waals surface area (Å²) in [6.45, 7) is 4.76. The van der Waals surface area contributed by atoms with Crippen LogP contribution in [0.3, 0.4) is 0 Å². The van der Waals surface area contributed by atoms with Crippen molar-refractivity contribution < 1.29 is 9.53 Å². The quantitative estimate of drug-likeness (QED) is 0.642. The van der Waals surface area contributed by atoms with Crippen LogP contribution in [0.15, 0.2) is 60.4 Å². The van der Waals surface area contributed by atoms with Gasteiger partial charge >= 0.3 is 0 Å². The molecule has 0 unspecified atom stereocenters. The average Bonchev–Trinajstić information content (AvgIpc) is 3.27. The van der Waals surface area contributed by atoms with Gasteiger partial charge in [0.25, 0.3) is 5.91 Å². The predicted molar refractivity (Wildman–Crippen MR) is 113 cm³/mol. The van der Waals surface area contributed by atoms with Crippen molar-refractivity contribution >= 4 is 16.9 Å². The van der Waals surface area contributed by atoms with Crippen LogP contribution in [0.2, 0.25) is 0 Å². The Morgan fingerprint density at radius 3 is 2.90 bits per heavy atom. The van der Waals surface area contributed by atoms with E-state index in [4.69, 9.17) is 9.72 Å². The number of hydrogen-bond donors (Lipinski definition) is 3. The topological polar surface area (TPSA) is 79.0 Å². The Balaban J connectivity index is 1.54. The summed E-state index contributed by atoms with van der Waals surface area (Å²) < 4.78 is 6.19. The molecule has 29 heavy (non-hydrogen) atoms. The van der Waals surface area contributed by atoms with Crippen molar-refractivity contribution in [2.75, 3.05) is 6.54 Å². The number of dihydropyridines is 1. The van der Waals surface area contributed by atoms with Crippen molar-refractivity contribution in [3.63, 3.8) is 0 Å². The molecule has 3 N–H and O–H groups in total.